The van der Waals surface area contributed by atoms with Gasteiger partial charge in [0.05, 0.1) is 0 Å². The number of hydrogen-bond donors (Lipinski definition) is 0. The maximum absolute atomic E-state index is 9.90. The maximum Gasteiger partial charge on any atom is 0.132 e. The lowest BCUT2D eigenvalue weighted by atomic mass is 9.99. The Morgan fingerprint density at radius 3 is 0.600 bits per heavy atom. The molecule has 0 N–H and O–H groups in total. The molecule has 0 aromatic carbocycles. The van der Waals surface area contributed by atoms with Crippen LogP contribution in [0, 0.1) is 0 Å². The topological polar surface area (TPSA) is 51.2 Å². The quantitative estimate of drug-likeness (QED) is 0.616. The fraction of sp³-hybridized carbons (Fsp3) is 0.750. The van der Waals surface area contributed by atoms with E-state index in [1.165, 1.54) is 0 Å². The van der Waals surface area contributed by atoms with Crippen molar-refractivity contribution in [1.29, 1.82) is 0 Å². The molecule has 0 aromatic heterocycles. The van der Waals surface area contributed by atoms with Crippen molar-refractivity contribution in [3.63, 3.8) is 0 Å². The fourth-order valence-electron chi connectivity index (χ4n) is 0.963. The number of hydrogen-bond acceptors (Lipinski definition) is 3. The van der Waals surface area contributed by atoms with Gasteiger partial charge in [0.2, 0.25) is 0 Å². The summed E-state index contributed by atoms with van der Waals surface area (Å²) in [4.78, 5) is 29.7. The molecule has 0 aliphatic heterocycles. The fourth-order valence-corrected chi connectivity index (χ4v) is 0.963. The Labute approximate surface area is 90.2 Å². The molecular formula is C12H18O3. The zero-order valence-electron chi connectivity index (χ0n) is 9.09. The molecule has 0 saturated heterocycles. The highest BCUT2D eigenvalue weighted by Crippen LogP contribution is 2.11. The summed E-state index contributed by atoms with van der Waals surface area (Å²) in [6, 6.07) is 0. The van der Waals surface area contributed by atoms with Crippen molar-refractivity contribution in [2.45, 2.75) is 57.8 Å². The second kappa shape index (κ2) is 6.49. The van der Waals surface area contributed by atoms with Crippen molar-refractivity contribution in [2.75, 3.05) is 0 Å². The third-order valence-electron chi connectivity index (χ3n) is 2.73. The lowest BCUT2D eigenvalue weighted by molar-refractivity contribution is -0.124. The Morgan fingerprint density at radius 2 is 0.600 bits per heavy atom. The zero-order valence-corrected chi connectivity index (χ0v) is 9.09. The predicted molar refractivity (Wildman–Crippen MR) is 56.6 cm³/mol. The molecule has 3 nitrogen and oxygen atoms in total. The summed E-state index contributed by atoms with van der Waals surface area (Å²) in [5.41, 5.74) is 0. The first-order valence-electron chi connectivity index (χ1n) is 5.73. The average molecular weight is 210 g/mol. The number of rotatable bonds is 0. The molecule has 3 saturated carbocycles. The lowest BCUT2D eigenvalue weighted by Gasteiger charge is -2.05. The molecule has 0 bridgehead atoms. The van der Waals surface area contributed by atoms with Gasteiger partial charge < -0.3 is 0 Å². The van der Waals surface area contributed by atoms with Crippen molar-refractivity contribution in [2.24, 2.45) is 0 Å². The first-order chi connectivity index (χ1) is 7.18. The summed E-state index contributed by atoms with van der Waals surface area (Å²) in [5, 5.41) is 0. The Kier molecular flexibility index (Phi) is 5.22. The van der Waals surface area contributed by atoms with E-state index in [0.29, 0.717) is 17.3 Å². The van der Waals surface area contributed by atoms with E-state index in [0.717, 1.165) is 57.8 Å². The molecule has 0 heterocycles. The van der Waals surface area contributed by atoms with Crippen LogP contribution in [0.4, 0.5) is 0 Å². The highest BCUT2D eigenvalue weighted by molar-refractivity contribution is 5.83. The maximum atomic E-state index is 9.90. The molecule has 0 atom stereocenters. The normalized spacial score (nSPS) is 22.0. The second-order valence-corrected chi connectivity index (χ2v) is 4.18. The highest BCUT2D eigenvalue weighted by Gasteiger charge is 2.10. The zero-order chi connectivity index (χ0) is 11.1. The standard InChI is InChI=1S/3C4H6O/c3*5-4-2-1-3-4/h3*1-3H2. The van der Waals surface area contributed by atoms with E-state index in [9.17, 15) is 14.4 Å². The molecule has 15 heavy (non-hydrogen) atoms. The van der Waals surface area contributed by atoms with E-state index in [1.54, 1.807) is 0 Å². The van der Waals surface area contributed by atoms with Gasteiger partial charge in [0, 0.05) is 38.5 Å². The van der Waals surface area contributed by atoms with Crippen LogP contribution in [0.15, 0.2) is 0 Å². The van der Waals surface area contributed by atoms with Crippen molar-refractivity contribution < 1.29 is 14.4 Å². The Balaban J connectivity index is 0.000000112. The smallest absolute Gasteiger partial charge is 0.132 e. The van der Waals surface area contributed by atoms with Crippen molar-refractivity contribution >= 4 is 17.3 Å². The summed E-state index contributed by atoms with van der Waals surface area (Å²) >= 11 is 0. The van der Waals surface area contributed by atoms with Gasteiger partial charge in [-0.2, -0.15) is 0 Å². The van der Waals surface area contributed by atoms with Crippen LogP contribution in [0.25, 0.3) is 0 Å². The van der Waals surface area contributed by atoms with Crippen LogP contribution in [0.5, 0.6) is 0 Å². The molecule has 0 unspecified atom stereocenters. The number of ketones is 3. The molecule has 0 aromatic rings. The minimum Gasteiger partial charge on any atom is -0.300 e. The summed E-state index contributed by atoms with van der Waals surface area (Å²) in [5.74, 6) is 1.31. The number of carbonyl (C=O) groups excluding carboxylic acids is 3. The van der Waals surface area contributed by atoms with Crippen LogP contribution in [0.3, 0.4) is 0 Å². The van der Waals surface area contributed by atoms with Crippen LogP contribution in [-0.4, -0.2) is 17.3 Å². The molecule has 3 heteroatoms. The van der Waals surface area contributed by atoms with Gasteiger partial charge in [0.25, 0.3) is 0 Å². The van der Waals surface area contributed by atoms with E-state index in [-0.39, 0.29) is 0 Å². The van der Waals surface area contributed by atoms with E-state index >= 15 is 0 Å². The minimum atomic E-state index is 0.435. The molecule has 3 rings (SSSR count). The van der Waals surface area contributed by atoms with Crippen molar-refractivity contribution in [1.82, 2.24) is 0 Å². The molecule has 84 valence electrons. The van der Waals surface area contributed by atoms with E-state index < -0.39 is 0 Å². The molecule has 3 fully saturated rings. The van der Waals surface area contributed by atoms with Gasteiger partial charge in [-0.1, -0.05) is 0 Å². The van der Waals surface area contributed by atoms with Gasteiger partial charge >= 0.3 is 0 Å². The summed E-state index contributed by atoms with van der Waals surface area (Å²) in [6.45, 7) is 0. The number of carbonyl (C=O) groups is 3. The van der Waals surface area contributed by atoms with Crippen LogP contribution >= 0.6 is 0 Å². The minimum absolute atomic E-state index is 0.435. The highest BCUT2D eigenvalue weighted by atomic mass is 16.1. The molecular weight excluding hydrogens is 192 g/mol. The van der Waals surface area contributed by atoms with E-state index in [4.69, 9.17) is 0 Å². The van der Waals surface area contributed by atoms with E-state index in [1.807, 2.05) is 0 Å². The Hall–Kier alpha value is -0.990. The van der Waals surface area contributed by atoms with Crippen LogP contribution in [-0.2, 0) is 14.4 Å². The average Bonchev–Trinajstić information content (AvgIpc) is 2.10. The largest absolute Gasteiger partial charge is 0.300 e. The van der Waals surface area contributed by atoms with Gasteiger partial charge in [0.1, 0.15) is 17.3 Å². The van der Waals surface area contributed by atoms with Gasteiger partial charge in [-0.15, -0.1) is 0 Å². The summed E-state index contributed by atoms with van der Waals surface area (Å²) in [6.07, 6.45) is 8.50. The molecule has 3 aliphatic carbocycles. The number of Topliss-reactive ketones (excluding diaryl/α,β-unsaturated/α-hetero) is 3. The first kappa shape index (κ1) is 12.1. The van der Waals surface area contributed by atoms with Crippen LogP contribution < -0.4 is 0 Å². The van der Waals surface area contributed by atoms with Crippen molar-refractivity contribution in [3.05, 3.63) is 0 Å². The summed E-state index contributed by atoms with van der Waals surface area (Å²) < 4.78 is 0. The third kappa shape index (κ3) is 5.45. The van der Waals surface area contributed by atoms with Gasteiger partial charge in [0.15, 0.2) is 0 Å². The second-order valence-electron chi connectivity index (χ2n) is 4.18. The Bertz CT molecular complexity index is 195. The monoisotopic (exact) mass is 210 g/mol. The van der Waals surface area contributed by atoms with Gasteiger partial charge in [-0.25, -0.2) is 0 Å². The molecule has 3 aliphatic rings. The van der Waals surface area contributed by atoms with Crippen LogP contribution in [0.1, 0.15) is 57.8 Å². The summed E-state index contributed by atoms with van der Waals surface area (Å²) in [7, 11) is 0. The van der Waals surface area contributed by atoms with Crippen molar-refractivity contribution in [3.8, 4) is 0 Å². The SMILES string of the molecule is O=C1CCC1.O=C1CCC1.O=C1CCC1. The van der Waals surface area contributed by atoms with Gasteiger partial charge in [-0.05, 0) is 19.3 Å². The Morgan fingerprint density at radius 1 is 0.467 bits per heavy atom. The molecule has 0 radical (unpaired) electrons. The lowest BCUT2D eigenvalue weighted by Crippen LogP contribution is -2.07. The molecule has 0 spiro atoms. The first-order valence-corrected chi connectivity index (χ1v) is 5.73. The third-order valence-corrected chi connectivity index (χ3v) is 2.73. The predicted octanol–water partition coefficient (Wildman–Crippen LogP) is 2.22. The van der Waals surface area contributed by atoms with Crippen LogP contribution in [0.2, 0.25) is 0 Å². The molecule has 0 amide bonds. The van der Waals surface area contributed by atoms with E-state index in [2.05, 4.69) is 0 Å². The van der Waals surface area contributed by atoms with Gasteiger partial charge in [-0.3, -0.25) is 14.4 Å².